The predicted molar refractivity (Wildman–Crippen MR) is 112 cm³/mol. The van der Waals surface area contributed by atoms with Crippen LogP contribution in [0.2, 0.25) is 5.21 Å². The SMILES string of the molecule is CCCCCCCCCC[AsH]c1ccc(OC2CCNCC2)cc1C. The molecule has 1 saturated heterocycles. The van der Waals surface area contributed by atoms with Gasteiger partial charge in [-0.25, -0.2) is 0 Å². The number of hydrogen-bond donors (Lipinski definition) is 1. The summed E-state index contributed by atoms with van der Waals surface area (Å²) in [5.74, 6) is 1.08. The third-order valence-electron chi connectivity index (χ3n) is 5.13. The number of benzene rings is 1. The first-order valence-electron chi connectivity index (χ1n) is 10.5. The molecule has 1 heterocycles. The van der Waals surface area contributed by atoms with Crippen LogP contribution in [0.5, 0.6) is 5.75 Å². The van der Waals surface area contributed by atoms with Crippen LogP contribution < -0.4 is 14.4 Å². The van der Waals surface area contributed by atoms with Crippen molar-refractivity contribution in [2.45, 2.75) is 89.4 Å². The molecule has 1 aromatic rings. The summed E-state index contributed by atoms with van der Waals surface area (Å²) in [6, 6.07) is 6.83. The number of nitrogens with one attached hydrogen (secondary N) is 1. The molecule has 1 aliphatic heterocycles. The second-order valence-electron chi connectivity index (χ2n) is 7.45. The third-order valence-corrected chi connectivity index (χ3v) is 8.38. The molecule has 2 nitrogen and oxygen atoms in total. The van der Waals surface area contributed by atoms with E-state index in [2.05, 4.69) is 37.4 Å². The van der Waals surface area contributed by atoms with E-state index in [1.807, 2.05) is 0 Å². The molecular formula is C22H38AsNO. The molecule has 1 N–H and O–H groups in total. The molecule has 0 aliphatic carbocycles. The zero-order valence-corrected chi connectivity index (χ0v) is 18.5. The minimum absolute atomic E-state index is 0.0316. The molecule has 0 aromatic heterocycles. The molecule has 3 heteroatoms. The van der Waals surface area contributed by atoms with Gasteiger partial charge in [-0.1, -0.05) is 0 Å². The van der Waals surface area contributed by atoms with Gasteiger partial charge in [0.2, 0.25) is 0 Å². The van der Waals surface area contributed by atoms with Crippen LogP contribution in [0.3, 0.4) is 0 Å². The fraction of sp³-hybridized carbons (Fsp3) is 0.727. The molecule has 25 heavy (non-hydrogen) atoms. The average molecular weight is 407 g/mol. The first-order chi connectivity index (χ1) is 12.3. The van der Waals surface area contributed by atoms with Gasteiger partial charge in [-0.2, -0.15) is 0 Å². The summed E-state index contributed by atoms with van der Waals surface area (Å²) in [5, 5.41) is 4.84. The Labute approximate surface area is 162 Å². The Kier molecular flexibility index (Phi) is 10.7. The molecule has 2 rings (SSSR count). The Balaban J connectivity index is 1.60. The molecule has 1 aromatic carbocycles. The van der Waals surface area contributed by atoms with E-state index in [4.69, 9.17) is 4.74 Å². The summed E-state index contributed by atoms with van der Waals surface area (Å²) in [4.78, 5) is 0. The van der Waals surface area contributed by atoms with Crippen LogP contribution in [0.4, 0.5) is 0 Å². The summed E-state index contributed by atoms with van der Waals surface area (Å²) in [5.41, 5.74) is 1.45. The van der Waals surface area contributed by atoms with Crippen molar-refractivity contribution in [1.29, 1.82) is 0 Å². The molecular weight excluding hydrogens is 369 g/mol. The molecule has 0 amide bonds. The Bertz CT molecular complexity index is 471. The Hall–Kier alpha value is -0.462. The van der Waals surface area contributed by atoms with Crippen molar-refractivity contribution in [3.05, 3.63) is 23.8 Å². The fourth-order valence-corrected chi connectivity index (χ4v) is 6.11. The number of piperidine rings is 1. The van der Waals surface area contributed by atoms with Gasteiger partial charge >= 0.3 is 162 Å². The quantitative estimate of drug-likeness (QED) is 0.399. The van der Waals surface area contributed by atoms with Crippen LogP contribution in [0, 0.1) is 6.92 Å². The van der Waals surface area contributed by atoms with Crippen molar-refractivity contribution in [2.75, 3.05) is 13.1 Å². The van der Waals surface area contributed by atoms with E-state index in [0.29, 0.717) is 6.10 Å². The van der Waals surface area contributed by atoms with Gasteiger partial charge in [0.25, 0.3) is 0 Å². The minimum atomic E-state index is 0.0316. The van der Waals surface area contributed by atoms with Crippen LogP contribution in [-0.2, 0) is 0 Å². The summed E-state index contributed by atoms with van der Waals surface area (Å²) in [6.07, 6.45) is 14.1. The number of ether oxygens (including phenoxy) is 1. The van der Waals surface area contributed by atoms with Crippen LogP contribution in [0.25, 0.3) is 0 Å². The molecule has 0 radical (unpaired) electrons. The van der Waals surface area contributed by atoms with E-state index in [-0.39, 0.29) is 15.8 Å². The van der Waals surface area contributed by atoms with E-state index >= 15 is 0 Å². The molecule has 1 aliphatic rings. The van der Waals surface area contributed by atoms with Gasteiger partial charge in [-0.15, -0.1) is 0 Å². The zero-order valence-electron chi connectivity index (χ0n) is 16.4. The van der Waals surface area contributed by atoms with Crippen LogP contribution in [0.1, 0.15) is 76.7 Å². The number of unbranched alkanes of at least 4 members (excludes halogenated alkanes) is 7. The van der Waals surface area contributed by atoms with Crippen molar-refractivity contribution < 1.29 is 4.74 Å². The van der Waals surface area contributed by atoms with E-state index in [1.165, 1.54) is 62.1 Å². The fourth-order valence-electron chi connectivity index (χ4n) is 3.50. The van der Waals surface area contributed by atoms with Gasteiger partial charge in [0.05, 0.1) is 0 Å². The summed E-state index contributed by atoms with van der Waals surface area (Å²) < 4.78 is 7.79. The predicted octanol–water partition coefficient (Wildman–Crippen LogP) is 4.75. The molecule has 0 bridgehead atoms. The zero-order chi connectivity index (χ0) is 17.7. The monoisotopic (exact) mass is 407 g/mol. The van der Waals surface area contributed by atoms with E-state index < -0.39 is 0 Å². The number of hydrogen-bond acceptors (Lipinski definition) is 2. The second kappa shape index (κ2) is 12.8. The van der Waals surface area contributed by atoms with Crippen LogP contribution >= 0.6 is 0 Å². The summed E-state index contributed by atoms with van der Waals surface area (Å²) in [6.45, 7) is 6.74. The van der Waals surface area contributed by atoms with Crippen molar-refractivity contribution >= 4 is 20.1 Å². The normalized spacial score (nSPS) is 15.9. The molecule has 1 unspecified atom stereocenters. The maximum atomic E-state index is 6.16. The van der Waals surface area contributed by atoms with Crippen molar-refractivity contribution in [3.63, 3.8) is 0 Å². The molecule has 1 atom stereocenters. The van der Waals surface area contributed by atoms with Crippen molar-refractivity contribution in [3.8, 4) is 5.75 Å². The van der Waals surface area contributed by atoms with Gasteiger partial charge in [0, 0.05) is 0 Å². The van der Waals surface area contributed by atoms with Crippen molar-refractivity contribution in [1.82, 2.24) is 5.32 Å². The Morgan fingerprint density at radius 1 is 1.00 bits per heavy atom. The third kappa shape index (κ3) is 8.65. The average Bonchev–Trinajstić information content (AvgIpc) is 2.63. The second-order valence-corrected chi connectivity index (χ2v) is 10.4. The van der Waals surface area contributed by atoms with Gasteiger partial charge < -0.3 is 0 Å². The Morgan fingerprint density at radius 3 is 2.36 bits per heavy atom. The van der Waals surface area contributed by atoms with Crippen LogP contribution in [0.15, 0.2) is 18.2 Å². The molecule has 0 spiro atoms. The molecule has 142 valence electrons. The van der Waals surface area contributed by atoms with Gasteiger partial charge in [-0.05, 0) is 0 Å². The van der Waals surface area contributed by atoms with E-state index in [1.54, 1.807) is 4.35 Å². The summed E-state index contributed by atoms with van der Waals surface area (Å²) in [7, 11) is 0. The molecule has 0 saturated carbocycles. The van der Waals surface area contributed by atoms with E-state index in [9.17, 15) is 0 Å². The van der Waals surface area contributed by atoms with Gasteiger partial charge in [0.1, 0.15) is 0 Å². The van der Waals surface area contributed by atoms with Gasteiger partial charge in [0.15, 0.2) is 0 Å². The van der Waals surface area contributed by atoms with Gasteiger partial charge in [-0.3, -0.25) is 0 Å². The van der Waals surface area contributed by atoms with E-state index in [0.717, 1.165) is 31.7 Å². The van der Waals surface area contributed by atoms with Crippen molar-refractivity contribution in [2.24, 2.45) is 0 Å². The molecule has 1 fully saturated rings. The Morgan fingerprint density at radius 2 is 1.68 bits per heavy atom. The maximum absolute atomic E-state index is 6.16. The standard InChI is InChI=1S/C22H38AsNO/c1-3-4-5-6-7-8-9-10-15-23-22-12-11-21(18-19(22)2)25-20-13-16-24-17-14-20/h11-12,18,20,23-24H,3-10,13-17H2,1-2H3. The van der Waals surface area contributed by atoms with Crippen LogP contribution in [-0.4, -0.2) is 34.9 Å². The number of aryl methyl sites for hydroxylation is 1. The topological polar surface area (TPSA) is 21.3 Å². The summed E-state index contributed by atoms with van der Waals surface area (Å²) >= 11 is 0.0316. The first kappa shape index (κ1) is 20.8. The number of rotatable bonds is 12. The first-order valence-corrected chi connectivity index (χ1v) is 13.0.